The van der Waals surface area contributed by atoms with E-state index < -0.39 is 0 Å². The molecular weight excluding hydrogens is 889 g/mol. The zero-order valence-electron chi connectivity index (χ0n) is 41.6. The predicted molar refractivity (Wildman–Crippen MR) is 280 cm³/mol. The fourth-order valence-electron chi connectivity index (χ4n) is 9.71. The lowest BCUT2D eigenvalue weighted by Crippen LogP contribution is -2.40. The second-order valence-corrected chi connectivity index (χ2v) is 18.6. The maximum atomic E-state index is 13.2. The zero-order valence-corrected chi connectivity index (χ0v) is 41.6. The van der Waals surface area contributed by atoms with E-state index in [2.05, 4.69) is 152 Å². The van der Waals surface area contributed by atoms with Crippen LogP contribution in [-0.4, -0.2) is 148 Å². The number of imide groups is 1. The molecule has 5 aromatic carbocycles. The zero-order chi connectivity index (χ0) is 49.1. The topological polar surface area (TPSA) is 142 Å². The third-order valence-corrected chi connectivity index (χ3v) is 13.4. The second-order valence-electron chi connectivity index (χ2n) is 18.6. The van der Waals surface area contributed by atoms with E-state index in [1.165, 1.54) is 27.2 Å². The number of likely N-dealkylation sites (N-methyl/N-ethyl adjacent to an activating group) is 1. The molecule has 4 heterocycles. The van der Waals surface area contributed by atoms with E-state index in [1.54, 1.807) is 16.8 Å². The van der Waals surface area contributed by atoms with Crippen LogP contribution in [0.3, 0.4) is 0 Å². The van der Waals surface area contributed by atoms with E-state index in [9.17, 15) is 9.59 Å². The molecule has 71 heavy (non-hydrogen) atoms. The Hall–Kier alpha value is -6.88. The molecular formula is C56H66N12O3. The molecule has 0 spiro atoms. The summed E-state index contributed by atoms with van der Waals surface area (Å²) in [5.41, 5.74) is 10.7. The minimum absolute atomic E-state index is 0.261. The quantitative estimate of drug-likeness (QED) is 0.0793. The first kappa shape index (κ1) is 49.1. The van der Waals surface area contributed by atoms with Crippen molar-refractivity contribution >= 4 is 33.7 Å². The summed E-state index contributed by atoms with van der Waals surface area (Å²) in [4.78, 5) is 34.7. The minimum Gasteiger partial charge on any atom is -0.492 e. The molecule has 2 N–H and O–H groups in total. The summed E-state index contributed by atoms with van der Waals surface area (Å²) in [5.74, 6) is 0.353. The Morgan fingerprint density at radius 2 is 1.24 bits per heavy atom. The van der Waals surface area contributed by atoms with Crippen LogP contribution < -0.4 is 15.4 Å². The largest absolute Gasteiger partial charge is 0.492 e. The van der Waals surface area contributed by atoms with Gasteiger partial charge in [0.25, 0.3) is 11.8 Å². The Bertz CT molecular complexity index is 2890. The number of carbonyl (C=O) groups is 2. The SMILES string of the molecule is CC/C(=C(\c1ccccc1)c1ccc(OCCN(C)C)cc1)c1ccc(-n2cc(CN3CCCNCCN(Cc4cn(-c5ccc6c7c(cccc57)C(=O)N(CC)C6=O)nn4)CCCNCC3)nn2)cc1. The van der Waals surface area contributed by atoms with Crippen molar-refractivity contribution in [2.75, 3.05) is 86.1 Å². The third kappa shape index (κ3) is 11.7. The summed E-state index contributed by atoms with van der Waals surface area (Å²) in [5, 5.41) is 27.1. The number of carbonyl (C=O) groups excluding carboxylic acids is 2. The van der Waals surface area contributed by atoms with E-state index in [0.717, 1.165) is 124 Å². The number of rotatable bonds is 15. The van der Waals surface area contributed by atoms with Crippen LogP contribution in [0.15, 0.2) is 122 Å². The Kier molecular flexibility index (Phi) is 16.2. The standard InChI is InChI=1S/C56H66N12O3/c1-5-48(53(42-13-8-7-9-14-42)43-19-23-47(24-20-43)71-36-35-63(3)4)41-17-21-46(22-18-41)67-39-44(59-61-67)37-64-31-11-27-58-30-34-65(32-12-28-57-29-33-64)38-45-40-68(62-60-45)52-26-25-51-54-49(52)15-10-16-50(54)55(69)66(6-2)56(51)70/h7-10,13-26,39-40,57-58H,5-6,11-12,27-38H2,1-4H3/b53-48-. The summed E-state index contributed by atoms with van der Waals surface area (Å²) in [7, 11) is 4.11. The summed E-state index contributed by atoms with van der Waals surface area (Å²) < 4.78 is 9.67. The number of aromatic nitrogens is 6. The lowest BCUT2D eigenvalue weighted by Gasteiger charge is -2.26. The van der Waals surface area contributed by atoms with Gasteiger partial charge in [-0.2, -0.15) is 0 Å². The summed E-state index contributed by atoms with van der Waals surface area (Å²) >= 11 is 0. The van der Waals surface area contributed by atoms with Crippen LogP contribution in [-0.2, 0) is 13.1 Å². The van der Waals surface area contributed by atoms with Crippen LogP contribution in [0.5, 0.6) is 5.75 Å². The van der Waals surface area contributed by atoms with Crippen LogP contribution in [0.4, 0.5) is 0 Å². The number of ether oxygens (including phenoxy) is 1. The molecule has 0 aliphatic carbocycles. The van der Waals surface area contributed by atoms with Gasteiger partial charge in [0, 0.05) is 74.3 Å². The van der Waals surface area contributed by atoms with Crippen molar-refractivity contribution in [2.45, 2.75) is 46.2 Å². The van der Waals surface area contributed by atoms with Gasteiger partial charge in [0.05, 0.1) is 35.2 Å². The fourth-order valence-corrected chi connectivity index (χ4v) is 9.71. The van der Waals surface area contributed by atoms with Gasteiger partial charge in [-0.1, -0.05) is 84.1 Å². The highest BCUT2D eigenvalue weighted by Gasteiger charge is 2.32. The molecule has 2 aliphatic rings. The maximum Gasteiger partial charge on any atom is 0.261 e. The fraction of sp³-hybridized carbons (Fsp3) is 0.357. The number of hydrogen-bond donors (Lipinski definition) is 2. The van der Waals surface area contributed by atoms with E-state index >= 15 is 0 Å². The van der Waals surface area contributed by atoms with Crippen LogP contribution in [0.2, 0.25) is 0 Å². The van der Waals surface area contributed by atoms with Gasteiger partial charge >= 0.3 is 0 Å². The number of hydrogen-bond acceptors (Lipinski definition) is 12. The van der Waals surface area contributed by atoms with Crippen molar-refractivity contribution in [1.29, 1.82) is 0 Å². The summed E-state index contributed by atoms with van der Waals surface area (Å²) in [6.45, 7) is 14.5. The molecule has 0 atom stereocenters. The van der Waals surface area contributed by atoms with Gasteiger partial charge in [-0.3, -0.25) is 24.3 Å². The first-order chi connectivity index (χ1) is 34.8. The van der Waals surface area contributed by atoms with Gasteiger partial charge in [0.1, 0.15) is 12.4 Å². The maximum absolute atomic E-state index is 13.2. The number of benzene rings is 5. The molecule has 0 bridgehead atoms. The van der Waals surface area contributed by atoms with Crippen LogP contribution in [0.1, 0.15) is 81.9 Å². The molecule has 9 rings (SSSR count). The highest BCUT2D eigenvalue weighted by atomic mass is 16.5. The molecule has 15 nitrogen and oxygen atoms in total. The number of nitrogens with one attached hydrogen (secondary N) is 2. The highest BCUT2D eigenvalue weighted by molar-refractivity contribution is 6.26. The van der Waals surface area contributed by atoms with Crippen molar-refractivity contribution < 1.29 is 14.3 Å². The molecule has 0 unspecified atom stereocenters. The normalized spacial score (nSPS) is 16.1. The van der Waals surface area contributed by atoms with Gasteiger partial charge < -0.3 is 20.3 Å². The Morgan fingerprint density at radius 1 is 0.634 bits per heavy atom. The molecule has 7 aromatic rings. The lowest BCUT2D eigenvalue weighted by atomic mass is 9.88. The average Bonchev–Trinajstić information content (AvgIpc) is 4.07. The van der Waals surface area contributed by atoms with E-state index in [1.807, 2.05) is 36.0 Å². The lowest BCUT2D eigenvalue weighted by molar-refractivity contribution is 0.0619. The Morgan fingerprint density at radius 3 is 1.87 bits per heavy atom. The van der Waals surface area contributed by atoms with Gasteiger partial charge in [-0.05, 0) is 137 Å². The van der Waals surface area contributed by atoms with Crippen LogP contribution >= 0.6 is 0 Å². The Labute approximate surface area is 417 Å². The van der Waals surface area contributed by atoms with E-state index in [0.29, 0.717) is 36.2 Å². The number of amides is 2. The van der Waals surface area contributed by atoms with Crippen molar-refractivity contribution in [3.8, 4) is 17.1 Å². The molecule has 0 radical (unpaired) electrons. The second kappa shape index (κ2) is 23.4. The van der Waals surface area contributed by atoms with E-state index in [-0.39, 0.29) is 11.8 Å². The van der Waals surface area contributed by atoms with Crippen molar-refractivity contribution in [3.63, 3.8) is 0 Å². The number of allylic oxidation sites excluding steroid dienone is 1. The van der Waals surface area contributed by atoms with Crippen LogP contribution in [0.25, 0.3) is 33.3 Å². The van der Waals surface area contributed by atoms with Crippen molar-refractivity contribution in [3.05, 3.63) is 161 Å². The average molecular weight is 955 g/mol. The first-order valence-electron chi connectivity index (χ1n) is 25.2. The number of nitrogens with zero attached hydrogens (tertiary/aromatic N) is 10. The van der Waals surface area contributed by atoms with Gasteiger partial charge in [0.2, 0.25) is 0 Å². The van der Waals surface area contributed by atoms with Gasteiger partial charge in [-0.15, -0.1) is 10.2 Å². The first-order valence-corrected chi connectivity index (χ1v) is 25.2. The molecule has 1 saturated heterocycles. The summed E-state index contributed by atoms with van der Waals surface area (Å²) in [6.07, 6.45) is 6.90. The molecule has 2 aromatic heterocycles. The Balaban J connectivity index is 0.793. The molecule has 2 amide bonds. The monoisotopic (exact) mass is 955 g/mol. The van der Waals surface area contributed by atoms with E-state index in [4.69, 9.17) is 4.74 Å². The van der Waals surface area contributed by atoms with Gasteiger partial charge in [-0.25, -0.2) is 9.36 Å². The van der Waals surface area contributed by atoms with Crippen molar-refractivity contribution in [2.24, 2.45) is 0 Å². The van der Waals surface area contributed by atoms with Crippen molar-refractivity contribution in [1.82, 2.24) is 60.2 Å². The van der Waals surface area contributed by atoms with Gasteiger partial charge in [0.15, 0.2) is 0 Å². The molecule has 0 saturated carbocycles. The smallest absolute Gasteiger partial charge is 0.261 e. The molecule has 1 fully saturated rings. The molecule has 368 valence electrons. The molecule has 15 heteroatoms. The highest BCUT2D eigenvalue weighted by Crippen LogP contribution is 2.36. The summed E-state index contributed by atoms with van der Waals surface area (Å²) in [6, 6.07) is 37.1. The third-order valence-electron chi connectivity index (χ3n) is 13.4. The van der Waals surface area contributed by atoms with Crippen LogP contribution in [0, 0.1) is 0 Å². The minimum atomic E-state index is -0.261. The molecule has 2 aliphatic heterocycles. The predicted octanol–water partition coefficient (Wildman–Crippen LogP) is 7.20.